The van der Waals surface area contributed by atoms with E-state index in [-0.39, 0.29) is 18.1 Å². The molecule has 0 radical (unpaired) electrons. The lowest BCUT2D eigenvalue weighted by atomic mass is 10.2. The molecule has 3 aromatic rings. The van der Waals surface area contributed by atoms with Crippen LogP contribution in [0.3, 0.4) is 0 Å². The molecule has 164 valence electrons. The number of amides is 1. The van der Waals surface area contributed by atoms with E-state index in [0.29, 0.717) is 43.7 Å². The SMILES string of the molecule is Cc1nc(C#N)c(N2CCN(C(=O)CN(C)c3ccccc3Oc3ccccc3)CC2)o1. The van der Waals surface area contributed by atoms with Gasteiger partial charge in [0.25, 0.3) is 0 Å². The van der Waals surface area contributed by atoms with Crippen LogP contribution in [0.2, 0.25) is 0 Å². The zero-order valence-electron chi connectivity index (χ0n) is 18.2. The summed E-state index contributed by atoms with van der Waals surface area (Å²) in [5, 5.41) is 9.25. The average Bonchev–Trinajstić information content (AvgIpc) is 3.21. The molecule has 2 heterocycles. The fourth-order valence-electron chi connectivity index (χ4n) is 3.72. The maximum Gasteiger partial charge on any atom is 0.242 e. The van der Waals surface area contributed by atoms with Crippen LogP contribution in [0.15, 0.2) is 59.0 Å². The summed E-state index contributed by atoms with van der Waals surface area (Å²) >= 11 is 0. The van der Waals surface area contributed by atoms with E-state index < -0.39 is 0 Å². The number of benzene rings is 2. The van der Waals surface area contributed by atoms with Gasteiger partial charge in [-0.25, -0.2) is 4.98 Å². The number of oxazole rings is 1. The highest BCUT2D eigenvalue weighted by Crippen LogP contribution is 2.31. The minimum absolute atomic E-state index is 0.0379. The van der Waals surface area contributed by atoms with Crippen molar-refractivity contribution in [3.63, 3.8) is 0 Å². The smallest absolute Gasteiger partial charge is 0.242 e. The Morgan fingerprint density at radius 2 is 1.81 bits per heavy atom. The molecule has 0 bridgehead atoms. The van der Waals surface area contributed by atoms with Crippen molar-refractivity contribution in [1.82, 2.24) is 9.88 Å². The van der Waals surface area contributed by atoms with Crippen molar-refractivity contribution in [2.45, 2.75) is 6.92 Å². The van der Waals surface area contributed by atoms with Gasteiger partial charge in [-0.3, -0.25) is 4.79 Å². The molecule has 0 saturated carbocycles. The van der Waals surface area contributed by atoms with Crippen LogP contribution < -0.4 is 14.5 Å². The number of ether oxygens (including phenoxy) is 1. The van der Waals surface area contributed by atoms with Crippen molar-refractivity contribution in [3.05, 3.63) is 66.2 Å². The number of rotatable bonds is 6. The molecule has 1 aliphatic heterocycles. The molecule has 1 amide bonds. The number of aromatic nitrogens is 1. The largest absolute Gasteiger partial charge is 0.455 e. The Hall–Kier alpha value is -3.99. The molecule has 1 fully saturated rings. The van der Waals surface area contributed by atoms with Crippen LogP contribution in [-0.4, -0.2) is 55.6 Å². The van der Waals surface area contributed by atoms with E-state index in [4.69, 9.17) is 9.15 Å². The van der Waals surface area contributed by atoms with Gasteiger partial charge in [-0.2, -0.15) is 5.26 Å². The van der Waals surface area contributed by atoms with Gasteiger partial charge in [-0.1, -0.05) is 30.3 Å². The van der Waals surface area contributed by atoms with Crippen LogP contribution >= 0.6 is 0 Å². The second-order valence-corrected chi connectivity index (χ2v) is 7.61. The van der Waals surface area contributed by atoms with Crippen LogP contribution in [-0.2, 0) is 4.79 Å². The monoisotopic (exact) mass is 431 g/mol. The first-order chi connectivity index (χ1) is 15.5. The van der Waals surface area contributed by atoms with E-state index in [2.05, 4.69) is 11.1 Å². The lowest BCUT2D eigenvalue weighted by molar-refractivity contribution is -0.129. The lowest BCUT2D eigenvalue weighted by Crippen LogP contribution is -2.51. The molecule has 1 saturated heterocycles. The maximum absolute atomic E-state index is 13.0. The number of aryl methyl sites for hydroxylation is 1. The highest BCUT2D eigenvalue weighted by Gasteiger charge is 2.26. The van der Waals surface area contributed by atoms with Gasteiger partial charge in [0, 0.05) is 40.2 Å². The number of nitriles is 1. The average molecular weight is 431 g/mol. The summed E-state index contributed by atoms with van der Waals surface area (Å²) < 4.78 is 11.6. The molecule has 8 nitrogen and oxygen atoms in total. The van der Waals surface area contributed by atoms with E-state index in [0.717, 1.165) is 11.4 Å². The first-order valence-corrected chi connectivity index (χ1v) is 10.5. The molecule has 0 aliphatic carbocycles. The van der Waals surface area contributed by atoms with E-state index in [1.54, 1.807) is 6.92 Å². The molecule has 8 heteroatoms. The van der Waals surface area contributed by atoms with Gasteiger partial charge >= 0.3 is 0 Å². The lowest BCUT2D eigenvalue weighted by Gasteiger charge is -2.35. The topological polar surface area (TPSA) is 85.8 Å². The van der Waals surface area contributed by atoms with Gasteiger partial charge in [-0.15, -0.1) is 0 Å². The van der Waals surface area contributed by atoms with Crippen molar-refractivity contribution < 1.29 is 13.9 Å². The van der Waals surface area contributed by atoms with Gasteiger partial charge in [0.15, 0.2) is 11.6 Å². The van der Waals surface area contributed by atoms with Gasteiger partial charge in [-0.05, 0) is 24.3 Å². The van der Waals surface area contributed by atoms with E-state index in [1.807, 2.05) is 76.3 Å². The summed E-state index contributed by atoms with van der Waals surface area (Å²) in [6.45, 7) is 4.25. The third-order valence-corrected chi connectivity index (χ3v) is 5.36. The highest BCUT2D eigenvalue weighted by atomic mass is 16.5. The minimum atomic E-state index is 0.0379. The Bertz CT molecular complexity index is 1110. The molecule has 0 spiro atoms. The van der Waals surface area contributed by atoms with Crippen molar-refractivity contribution >= 4 is 17.5 Å². The van der Waals surface area contributed by atoms with Gasteiger partial charge < -0.3 is 23.9 Å². The molecular weight excluding hydrogens is 406 g/mol. The third kappa shape index (κ3) is 4.67. The molecule has 0 N–H and O–H groups in total. The summed E-state index contributed by atoms with van der Waals surface area (Å²) in [7, 11) is 1.89. The number of carbonyl (C=O) groups excluding carboxylic acids is 1. The number of hydrogen-bond donors (Lipinski definition) is 0. The molecule has 2 aromatic carbocycles. The first kappa shape index (κ1) is 21.2. The third-order valence-electron chi connectivity index (χ3n) is 5.36. The second kappa shape index (κ2) is 9.43. The molecule has 0 atom stereocenters. The standard InChI is InChI=1S/C24H25N5O3/c1-18-26-20(16-25)24(31-18)29-14-12-28(13-15-29)23(30)17-27(2)21-10-6-7-11-22(21)32-19-8-4-3-5-9-19/h3-11H,12-15,17H2,1-2H3. The number of para-hydroxylation sites is 3. The number of likely N-dealkylation sites (N-methyl/N-ethyl adjacent to an activating group) is 1. The number of anilines is 2. The molecule has 4 rings (SSSR count). The minimum Gasteiger partial charge on any atom is -0.455 e. The predicted octanol–water partition coefficient (Wildman–Crippen LogP) is 3.43. The predicted molar refractivity (Wildman–Crippen MR) is 121 cm³/mol. The number of hydrogen-bond acceptors (Lipinski definition) is 7. The molecule has 32 heavy (non-hydrogen) atoms. The fraction of sp³-hybridized carbons (Fsp3) is 0.292. The zero-order valence-corrected chi connectivity index (χ0v) is 18.2. The van der Waals surface area contributed by atoms with Crippen molar-refractivity contribution in [1.29, 1.82) is 5.26 Å². The van der Waals surface area contributed by atoms with Crippen LogP contribution in [0, 0.1) is 18.3 Å². The number of piperazine rings is 1. The first-order valence-electron chi connectivity index (χ1n) is 10.5. The van der Waals surface area contributed by atoms with Crippen LogP contribution in [0.4, 0.5) is 11.6 Å². The Morgan fingerprint density at radius 1 is 1.12 bits per heavy atom. The van der Waals surface area contributed by atoms with Crippen molar-refractivity contribution in [2.24, 2.45) is 0 Å². The van der Waals surface area contributed by atoms with E-state index in [9.17, 15) is 10.1 Å². The normalized spacial score (nSPS) is 13.5. The van der Waals surface area contributed by atoms with E-state index >= 15 is 0 Å². The Labute approximate surface area is 187 Å². The number of nitrogens with zero attached hydrogens (tertiary/aromatic N) is 5. The Balaban J connectivity index is 1.37. The zero-order chi connectivity index (χ0) is 22.5. The molecule has 1 aliphatic rings. The van der Waals surface area contributed by atoms with Crippen LogP contribution in [0.25, 0.3) is 0 Å². The second-order valence-electron chi connectivity index (χ2n) is 7.61. The van der Waals surface area contributed by atoms with Crippen molar-refractivity contribution in [2.75, 3.05) is 49.6 Å². The van der Waals surface area contributed by atoms with Crippen molar-refractivity contribution in [3.8, 4) is 17.6 Å². The fourth-order valence-corrected chi connectivity index (χ4v) is 3.72. The van der Waals surface area contributed by atoms with Gasteiger partial charge in [0.2, 0.25) is 17.5 Å². The van der Waals surface area contributed by atoms with Gasteiger partial charge in [0.05, 0.1) is 12.2 Å². The summed E-state index contributed by atoms with van der Waals surface area (Å²) in [4.78, 5) is 22.8. The van der Waals surface area contributed by atoms with Crippen LogP contribution in [0.5, 0.6) is 11.5 Å². The Kier molecular flexibility index (Phi) is 6.26. The maximum atomic E-state index is 13.0. The quantitative estimate of drug-likeness (QED) is 0.591. The summed E-state index contributed by atoms with van der Waals surface area (Å²) in [6.07, 6.45) is 0. The summed E-state index contributed by atoms with van der Waals surface area (Å²) in [5.74, 6) is 2.43. The molecule has 0 unspecified atom stereocenters. The Morgan fingerprint density at radius 3 is 2.53 bits per heavy atom. The van der Waals surface area contributed by atoms with Gasteiger partial charge in [0.1, 0.15) is 11.8 Å². The number of carbonyl (C=O) groups is 1. The summed E-state index contributed by atoms with van der Waals surface area (Å²) in [6, 6.07) is 19.3. The summed E-state index contributed by atoms with van der Waals surface area (Å²) in [5.41, 5.74) is 1.14. The molecule has 1 aromatic heterocycles. The molecular formula is C24H25N5O3. The van der Waals surface area contributed by atoms with E-state index in [1.165, 1.54) is 0 Å². The van der Waals surface area contributed by atoms with Crippen LogP contribution in [0.1, 0.15) is 11.6 Å². The highest BCUT2D eigenvalue weighted by molar-refractivity contribution is 5.82.